The van der Waals surface area contributed by atoms with E-state index >= 15 is 0 Å². The van der Waals surface area contributed by atoms with Crippen LogP contribution in [0.3, 0.4) is 0 Å². The summed E-state index contributed by atoms with van der Waals surface area (Å²) < 4.78 is 6.99. The molecule has 34 heavy (non-hydrogen) atoms. The van der Waals surface area contributed by atoms with Crippen LogP contribution in [0, 0.1) is 11.8 Å². The van der Waals surface area contributed by atoms with Crippen molar-refractivity contribution in [3.63, 3.8) is 0 Å². The highest BCUT2D eigenvalue weighted by Crippen LogP contribution is 2.53. The van der Waals surface area contributed by atoms with Gasteiger partial charge in [-0.25, -0.2) is 4.52 Å². The fraction of sp³-hybridized carbons (Fsp3) is 0.480. The summed E-state index contributed by atoms with van der Waals surface area (Å²) in [6.45, 7) is 0.793. The third-order valence-corrected chi connectivity index (χ3v) is 8.44. The van der Waals surface area contributed by atoms with Crippen molar-refractivity contribution in [2.75, 3.05) is 19.6 Å². The summed E-state index contributed by atoms with van der Waals surface area (Å²) >= 11 is 6.73. The quantitative estimate of drug-likeness (QED) is 0.619. The molecular formula is C25H25ClN4O4. The third kappa shape index (κ3) is 3.11. The monoisotopic (exact) mass is 480 g/mol. The number of aliphatic hydroxyl groups excluding tert-OH is 1. The second kappa shape index (κ2) is 7.33. The van der Waals surface area contributed by atoms with Crippen LogP contribution >= 0.6 is 11.6 Å². The van der Waals surface area contributed by atoms with Crippen LogP contribution < -0.4 is 0 Å². The molecular weight excluding hydrogens is 456 g/mol. The van der Waals surface area contributed by atoms with Gasteiger partial charge in [0.1, 0.15) is 6.54 Å². The number of piperazine rings is 1. The lowest BCUT2D eigenvalue weighted by molar-refractivity contribution is -0.140. The largest absolute Gasteiger partial charge is 0.472 e. The molecule has 3 aromatic rings. The van der Waals surface area contributed by atoms with Crippen LogP contribution in [0.2, 0.25) is 5.02 Å². The SMILES string of the molecule is O=C(c1nn2c(-c3ccoc3)cc(C3CC3)cc2c1Cl)N1CCN(C2CC3CC3C2O)C(=O)C1. The summed E-state index contributed by atoms with van der Waals surface area (Å²) in [7, 11) is 0. The van der Waals surface area contributed by atoms with Crippen LogP contribution in [-0.2, 0) is 4.79 Å². The van der Waals surface area contributed by atoms with Gasteiger partial charge in [-0.1, -0.05) is 11.6 Å². The number of nitrogens with zero attached hydrogens (tertiary/aromatic N) is 4. The van der Waals surface area contributed by atoms with Crippen molar-refractivity contribution in [2.24, 2.45) is 11.8 Å². The summed E-state index contributed by atoms with van der Waals surface area (Å²) in [5.74, 6) is 0.930. The van der Waals surface area contributed by atoms with E-state index in [1.807, 2.05) is 12.1 Å². The predicted octanol–water partition coefficient (Wildman–Crippen LogP) is 3.18. The predicted molar refractivity (Wildman–Crippen MR) is 124 cm³/mol. The third-order valence-electron chi connectivity index (χ3n) is 8.06. The molecule has 4 aliphatic rings. The van der Waals surface area contributed by atoms with Gasteiger partial charge in [-0.05, 0) is 67.2 Å². The number of halogens is 1. The van der Waals surface area contributed by atoms with Crippen molar-refractivity contribution in [1.82, 2.24) is 19.4 Å². The molecule has 8 nitrogen and oxygen atoms in total. The van der Waals surface area contributed by atoms with Crippen LogP contribution in [0.4, 0.5) is 0 Å². The first-order chi connectivity index (χ1) is 16.5. The Morgan fingerprint density at radius 2 is 2.06 bits per heavy atom. The van der Waals surface area contributed by atoms with Gasteiger partial charge in [-0.2, -0.15) is 5.10 Å². The van der Waals surface area contributed by atoms with Crippen LogP contribution in [-0.4, -0.2) is 68.1 Å². The van der Waals surface area contributed by atoms with E-state index in [0.29, 0.717) is 41.4 Å². The fourth-order valence-corrected chi connectivity index (χ4v) is 6.16. The van der Waals surface area contributed by atoms with E-state index < -0.39 is 6.10 Å². The Kier molecular flexibility index (Phi) is 4.42. The number of furan rings is 1. The number of aromatic nitrogens is 2. The Balaban J connectivity index is 1.18. The van der Waals surface area contributed by atoms with Gasteiger partial charge in [0.15, 0.2) is 5.69 Å². The van der Waals surface area contributed by atoms with Crippen molar-refractivity contribution in [2.45, 2.75) is 43.7 Å². The van der Waals surface area contributed by atoms with E-state index in [-0.39, 0.29) is 30.1 Å². The van der Waals surface area contributed by atoms with Gasteiger partial charge in [0, 0.05) is 18.7 Å². The zero-order valence-electron chi connectivity index (χ0n) is 18.6. The summed E-state index contributed by atoms with van der Waals surface area (Å²) in [6.07, 6.45) is 7.04. The number of aliphatic hydroxyl groups is 1. The Hall–Kier alpha value is -2.84. The molecule has 3 aromatic heterocycles. The van der Waals surface area contributed by atoms with Gasteiger partial charge in [-0.3, -0.25) is 9.59 Å². The lowest BCUT2D eigenvalue weighted by Gasteiger charge is -2.39. The molecule has 4 heterocycles. The van der Waals surface area contributed by atoms with E-state index in [2.05, 4.69) is 11.2 Å². The molecule has 1 N–H and O–H groups in total. The van der Waals surface area contributed by atoms with Gasteiger partial charge in [-0.15, -0.1) is 0 Å². The molecule has 0 aromatic carbocycles. The van der Waals surface area contributed by atoms with Crippen LogP contribution in [0.1, 0.15) is 47.7 Å². The molecule has 9 heteroatoms. The summed E-state index contributed by atoms with van der Waals surface area (Å²) in [4.78, 5) is 29.7. The van der Waals surface area contributed by atoms with Gasteiger partial charge < -0.3 is 19.3 Å². The Morgan fingerprint density at radius 3 is 2.74 bits per heavy atom. The standard InChI is InChI=1S/C25H25ClN4O4/c26-22-19-9-15(13-1-2-13)8-18(14-3-6-34-12-14)30(19)27-23(22)25(33)28-4-5-29(21(31)11-28)20-10-16-7-17(16)24(20)32/h3,6,8-9,12-13,16-17,20,24,32H,1-2,4-5,7,10-11H2. The minimum atomic E-state index is -0.439. The molecule has 0 bridgehead atoms. The zero-order chi connectivity index (χ0) is 23.1. The maximum absolute atomic E-state index is 13.4. The second-order valence-electron chi connectivity index (χ2n) is 10.2. The topological polar surface area (TPSA) is 91.3 Å². The van der Waals surface area contributed by atoms with Gasteiger partial charge >= 0.3 is 0 Å². The highest BCUT2D eigenvalue weighted by Gasteiger charge is 2.55. The first kappa shape index (κ1) is 20.5. The van der Waals surface area contributed by atoms with Crippen molar-refractivity contribution in [3.8, 4) is 11.3 Å². The number of fused-ring (bicyclic) bond motifs is 2. The molecule has 0 radical (unpaired) electrons. The number of amides is 2. The summed E-state index contributed by atoms with van der Waals surface area (Å²) in [5.41, 5.74) is 3.71. The van der Waals surface area contributed by atoms with Crippen molar-refractivity contribution in [3.05, 3.63) is 47.0 Å². The minimum absolute atomic E-state index is 0.0243. The zero-order valence-corrected chi connectivity index (χ0v) is 19.3. The highest BCUT2D eigenvalue weighted by atomic mass is 35.5. The molecule has 1 aliphatic heterocycles. The minimum Gasteiger partial charge on any atom is -0.472 e. The number of carbonyl (C=O) groups is 2. The Morgan fingerprint density at radius 1 is 1.21 bits per heavy atom. The second-order valence-corrected chi connectivity index (χ2v) is 10.6. The van der Waals surface area contributed by atoms with Gasteiger partial charge in [0.25, 0.3) is 5.91 Å². The summed E-state index contributed by atoms with van der Waals surface area (Å²) in [5, 5.41) is 15.4. The van der Waals surface area contributed by atoms with Gasteiger partial charge in [0.2, 0.25) is 5.91 Å². The molecule has 2 amide bonds. The van der Waals surface area contributed by atoms with Crippen molar-refractivity contribution >= 4 is 28.9 Å². The Bertz CT molecular complexity index is 1310. The lowest BCUT2D eigenvalue weighted by atomic mass is 10.1. The van der Waals surface area contributed by atoms with Crippen molar-refractivity contribution < 1.29 is 19.1 Å². The van der Waals surface area contributed by atoms with E-state index in [1.54, 1.807) is 21.9 Å². The number of rotatable bonds is 4. The van der Waals surface area contributed by atoms with Crippen molar-refractivity contribution in [1.29, 1.82) is 0 Å². The van der Waals surface area contributed by atoms with E-state index in [9.17, 15) is 14.7 Å². The lowest BCUT2D eigenvalue weighted by Crippen LogP contribution is -2.57. The molecule has 4 unspecified atom stereocenters. The molecule has 3 saturated carbocycles. The first-order valence-corrected chi connectivity index (χ1v) is 12.4. The number of hydrogen-bond donors (Lipinski definition) is 1. The van der Waals surface area contributed by atoms with E-state index in [0.717, 1.165) is 36.9 Å². The first-order valence-electron chi connectivity index (χ1n) is 12.0. The average molecular weight is 481 g/mol. The fourth-order valence-electron chi connectivity index (χ4n) is 5.91. The van der Waals surface area contributed by atoms with E-state index in [4.69, 9.17) is 16.0 Å². The number of carbonyl (C=O) groups excluding carboxylic acids is 2. The molecule has 1 saturated heterocycles. The molecule has 4 atom stereocenters. The molecule has 0 spiro atoms. The average Bonchev–Trinajstić information content (AvgIpc) is 3.71. The molecule has 3 aliphatic carbocycles. The number of hydrogen-bond acceptors (Lipinski definition) is 5. The summed E-state index contributed by atoms with van der Waals surface area (Å²) in [6, 6.07) is 5.85. The van der Waals surface area contributed by atoms with Crippen LogP contribution in [0.25, 0.3) is 16.8 Å². The smallest absolute Gasteiger partial charge is 0.276 e. The molecule has 7 rings (SSSR count). The van der Waals surface area contributed by atoms with E-state index in [1.165, 1.54) is 10.5 Å². The maximum Gasteiger partial charge on any atom is 0.276 e. The molecule has 4 fully saturated rings. The highest BCUT2D eigenvalue weighted by molar-refractivity contribution is 6.37. The van der Waals surface area contributed by atoms with Crippen LogP contribution in [0.15, 0.2) is 35.1 Å². The van der Waals surface area contributed by atoms with Gasteiger partial charge in [0.05, 0.1) is 40.9 Å². The Labute approximate surface area is 201 Å². The number of pyridine rings is 1. The maximum atomic E-state index is 13.4. The van der Waals surface area contributed by atoms with Crippen LogP contribution in [0.5, 0.6) is 0 Å². The molecule has 176 valence electrons. The normalized spacial score (nSPS) is 28.6.